The minimum atomic E-state index is 0. The molecule has 0 aromatic rings. The monoisotopic (exact) mass is 73.1 g/mol. The van der Waals surface area contributed by atoms with Gasteiger partial charge in [0.15, 0.2) is 0 Å². The summed E-state index contributed by atoms with van der Waals surface area (Å²) in [5.74, 6) is 0. The van der Waals surface area contributed by atoms with Gasteiger partial charge in [-0.15, -0.1) is 13.2 Å². The highest BCUT2D eigenvalue weighted by molar-refractivity contribution is 5.75. The highest BCUT2D eigenvalue weighted by Crippen LogP contribution is 0.862. The van der Waals surface area contributed by atoms with Crippen molar-refractivity contribution in [2.24, 2.45) is 0 Å². The Morgan fingerprint density at radius 2 is 0.800 bits per heavy atom. The zero-order valence-electron chi connectivity index (χ0n) is 3.41. The van der Waals surface area contributed by atoms with Crippen molar-refractivity contribution in [3.63, 3.8) is 0 Å². The van der Waals surface area contributed by atoms with Crippen LogP contribution in [0.5, 0.6) is 0 Å². The highest BCUT2D eigenvalue weighted by Gasteiger charge is 0.601. The molecule has 0 aromatic heterocycles. The van der Waals surface area contributed by atoms with Gasteiger partial charge in [-0.1, -0.05) is 0 Å². The summed E-state index contributed by atoms with van der Waals surface area (Å²) in [5, 5.41) is 0. The molecule has 0 bridgehead atoms. The largest absolute Gasteiger partial charge is 0.344 e. The average Bonchev–Trinajstić information content (AvgIpc) is 1.00. The molecule has 0 heterocycles. The first-order valence-corrected chi connectivity index (χ1v) is 0.500. The topological polar surface area (TPSA) is 70.0 Å². The number of hydrogen-bond acceptors (Lipinski definition) is 2. The summed E-state index contributed by atoms with van der Waals surface area (Å²) in [6.45, 7) is 6.00. The third kappa shape index (κ3) is 146. The van der Waals surface area contributed by atoms with E-state index in [0.29, 0.717) is 0 Å². The summed E-state index contributed by atoms with van der Waals surface area (Å²) in [6.07, 6.45) is 0. The molecule has 0 spiro atoms. The van der Waals surface area contributed by atoms with E-state index in [1.165, 1.54) is 0 Å². The SMILES string of the molecule is C=C.N.N.[B]. The number of rotatable bonds is 0. The first kappa shape index (κ1) is 125. The van der Waals surface area contributed by atoms with E-state index in [-0.39, 0.29) is 20.7 Å². The summed E-state index contributed by atoms with van der Waals surface area (Å²) in [6, 6.07) is 0. The lowest BCUT2D eigenvalue weighted by Crippen LogP contribution is -0.552. The van der Waals surface area contributed by atoms with Crippen molar-refractivity contribution in [1.29, 1.82) is 0 Å². The van der Waals surface area contributed by atoms with Gasteiger partial charge in [-0.25, -0.2) is 0 Å². The smallest absolute Gasteiger partial charge is 0 e. The molecule has 0 saturated heterocycles. The van der Waals surface area contributed by atoms with Crippen molar-refractivity contribution >= 4 is 8.41 Å². The molecular formula is C2H10BN2. The second-order valence-corrected chi connectivity index (χ2v) is 0. The molecule has 0 amide bonds. The van der Waals surface area contributed by atoms with Crippen LogP contribution in [0.4, 0.5) is 0 Å². The first-order valence-electron chi connectivity index (χ1n) is 0.500. The summed E-state index contributed by atoms with van der Waals surface area (Å²) in [4.78, 5) is 0. The third-order valence-corrected chi connectivity index (χ3v) is 0. The van der Waals surface area contributed by atoms with Crippen LogP contribution in [-0.2, 0) is 0 Å². The molecule has 0 rings (SSSR count). The predicted molar refractivity (Wildman–Crippen MR) is 27.1 cm³/mol. The molecule has 0 aliphatic rings. The summed E-state index contributed by atoms with van der Waals surface area (Å²) < 4.78 is 0. The molecule has 0 aliphatic heterocycles. The minimum absolute atomic E-state index is 0. The predicted octanol–water partition coefficient (Wildman–Crippen LogP) is 0.745. The summed E-state index contributed by atoms with van der Waals surface area (Å²) in [7, 11) is 0. The molecule has 0 unspecified atom stereocenters. The van der Waals surface area contributed by atoms with Gasteiger partial charge in [0.2, 0.25) is 0 Å². The molecular weight excluding hydrogens is 62.8 g/mol. The molecule has 3 radical (unpaired) electrons. The maximum Gasteiger partial charge on any atom is 0 e. The van der Waals surface area contributed by atoms with E-state index >= 15 is 0 Å². The van der Waals surface area contributed by atoms with Crippen molar-refractivity contribution in [3.05, 3.63) is 13.2 Å². The molecule has 5 heavy (non-hydrogen) atoms. The molecule has 31 valence electrons. The Morgan fingerprint density at radius 1 is 0.800 bits per heavy atom. The Balaban J connectivity index is -0.00000000167. The van der Waals surface area contributed by atoms with Gasteiger partial charge < -0.3 is 12.3 Å². The Morgan fingerprint density at radius 3 is 0.800 bits per heavy atom. The first-order chi connectivity index (χ1) is 1.00. The van der Waals surface area contributed by atoms with Crippen LogP contribution in [0, 0.1) is 0 Å². The van der Waals surface area contributed by atoms with Gasteiger partial charge in [0.25, 0.3) is 0 Å². The van der Waals surface area contributed by atoms with Crippen molar-refractivity contribution in [1.82, 2.24) is 12.3 Å². The fourth-order valence-electron chi connectivity index (χ4n) is 0. The van der Waals surface area contributed by atoms with E-state index in [1.54, 1.807) is 0 Å². The van der Waals surface area contributed by atoms with Crippen molar-refractivity contribution in [3.8, 4) is 0 Å². The lowest BCUT2D eigenvalue weighted by Gasteiger charge is -0.813. The maximum atomic E-state index is 3.00. The lowest BCUT2D eigenvalue weighted by molar-refractivity contribution is 2.13. The minimum Gasteiger partial charge on any atom is -0.344 e. The Bertz CT molecular complexity index is 7.61. The van der Waals surface area contributed by atoms with Gasteiger partial charge in [-0.3, -0.25) is 0 Å². The summed E-state index contributed by atoms with van der Waals surface area (Å²) >= 11 is 0. The molecule has 0 fully saturated rings. The zero-order chi connectivity index (χ0) is 2.00. The highest BCUT2D eigenvalue weighted by atomic mass is 14.0. The van der Waals surface area contributed by atoms with Crippen LogP contribution in [0.3, 0.4) is 0 Å². The van der Waals surface area contributed by atoms with Crippen LogP contribution in [-0.4, -0.2) is 8.41 Å². The van der Waals surface area contributed by atoms with E-state index in [4.69, 9.17) is 0 Å². The third-order valence-electron chi connectivity index (χ3n) is 0. The van der Waals surface area contributed by atoms with Gasteiger partial charge in [-0.2, -0.15) is 0 Å². The Labute approximate surface area is 35.0 Å². The van der Waals surface area contributed by atoms with Gasteiger partial charge in [0.05, 0.1) is 0 Å². The van der Waals surface area contributed by atoms with Gasteiger partial charge in [-0.05, 0) is 0 Å². The maximum absolute atomic E-state index is 3.00. The standard InChI is InChI=1S/C2H4.B.2H3N/c1-2;;;/h1-2H2;;2*1H3. The van der Waals surface area contributed by atoms with Gasteiger partial charge >= 0.3 is 0 Å². The van der Waals surface area contributed by atoms with E-state index in [0.717, 1.165) is 0 Å². The molecule has 0 aliphatic carbocycles. The van der Waals surface area contributed by atoms with E-state index in [1.807, 2.05) is 0 Å². The van der Waals surface area contributed by atoms with Crippen molar-refractivity contribution in [2.75, 3.05) is 0 Å². The van der Waals surface area contributed by atoms with Crippen LogP contribution in [0.1, 0.15) is 0 Å². The van der Waals surface area contributed by atoms with E-state index < -0.39 is 0 Å². The quantitative estimate of drug-likeness (QED) is 0.328. The molecule has 3 heteroatoms. The van der Waals surface area contributed by atoms with Crippen LogP contribution in [0.2, 0.25) is 0 Å². The molecule has 0 saturated carbocycles. The Hall–Kier alpha value is -0.275. The fraction of sp³-hybridized carbons (Fsp3) is 0. The van der Waals surface area contributed by atoms with E-state index in [9.17, 15) is 0 Å². The normalized spacial score (nSPS) is 0.800. The van der Waals surface area contributed by atoms with Crippen LogP contribution in [0.25, 0.3) is 0 Å². The summed E-state index contributed by atoms with van der Waals surface area (Å²) in [5.41, 5.74) is 0. The van der Waals surface area contributed by atoms with Gasteiger partial charge in [0, 0.05) is 8.41 Å². The second-order valence-electron chi connectivity index (χ2n) is 0. The molecule has 6 N–H and O–H groups in total. The van der Waals surface area contributed by atoms with Crippen molar-refractivity contribution in [2.45, 2.75) is 0 Å². The van der Waals surface area contributed by atoms with Crippen molar-refractivity contribution < 1.29 is 0 Å². The average molecular weight is 72.9 g/mol. The number of hydrogen-bond donors (Lipinski definition) is 2. The molecule has 0 atom stereocenters. The van der Waals surface area contributed by atoms with Gasteiger partial charge in [0.1, 0.15) is 0 Å². The lowest BCUT2D eigenvalue weighted by atomic mass is 10.8. The fourth-order valence-corrected chi connectivity index (χ4v) is 0. The molecule has 0 aromatic carbocycles. The van der Waals surface area contributed by atoms with Crippen LogP contribution in [0.15, 0.2) is 13.2 Å². The molecule has 2 nitrogen and oxygen atoms in total. The Kier molecular flexibility index (Phi) is 9120. The van der Waals surface area contributed by atoms with E-state index in [2.05, 4.69) is 13.2 Å². The van der Waals surface area contributed by atoms with Crippen LogP contribution >= 0.6 is 0 Å². The van der Waals surface area contributed by atoms with Crippen LogP contribution < -0.4 is 12.3 Å². The zero-order valence-corrected chi connectivity index (χ0v) is 3.41. The second kappa shape index (κ2) is 366.